The Balaban J connectivity index is 1.38. The first-order valence-corrected chi connectivity index (χ1v) is 13.9. The summed E-state index contributed by atoms with van der Waals surface area (Å²) < 4.78 is 33.5. The summed E-state index contributed by atoms with van der Waals surface area (Å²) >= 11 is 0. The van der Waals surface area contributed by atoms with Crippen molar-refractivity contribution in [2.45, 2.75) is 49.5 Å². The van der Waals surface area contributed by atoms with E-state index in [0.29, 0.717) is 43.2 Å². The first-order chi connectivity index (χ1) is 16.9. The molecular formula is C26H31N3O5S. The molecular weight excluding hydrogens is 466 g/mol. The summed E-state index contributed by atoms with van der Waals surface area (Å²) in [6.45, 7) is 2.58. The highest BCUT2D eigenvalue weighted by molar-refractivity contribution is 7.89. The lowest BCUT2D eigenvalue weighted by Gasteiger charge is -2.37. The van der Waals surface area contributed by atoms with Crippen LogP contribution in [0.2, 0.25) is 0 Å². The molecule has 0 bridgehead atoms. The Bertz CT molecular complexity index is 1190. The quantitative estimate of drug-likeness (QED) is 0.647. The minimum Gasteiger partial charge on any atom is -0.476 e. The van der Waals surface area contributed by atoms with Crippen molar-refractivity contribution >= 4 is 27.5 Å². The van der Waals surface area contributed by atoms with E-state index in [2.05, 4.69) is 0 Å². The summed E-state index contributed by atoms with van der Waals surface area (Å²) in [5.41, 5.74) is 0.966. The van der Waals surface area contributed by atoms with E-state index in [9.17, 15) is 18.0 Å². The zero-order valence-electron chi connectivity index (χ0n) is 19.8. The van der Waals surface area contributed by atoms with Gasteiger partial charge in [-0.15, -0.1) is 0 Å². The second kappa shape index (κ2) is 9.99. The van der Waals surface area contributed by atoms with Gasteiger partial charge in [0.2, 0.25) is 10.0 Å². The van der Waals surface area contributed by atoms with E-state index in [4.69, 9.17) is 4.74 Å². The van der Waals surface area contributed by atoms with Crippen LogP contribution in [0.5, 0.6) is 5.75 Å². The van der Waals surface area contributed by atoms with Gasteiger partial charge in [-0.2, -0.15) is 4.31 Å². The topological polar surface area (TPSA) is 87.2 Å². The highest BCUT2D eigenvalue weighted by Gasteiger charge is 2.36. The number of carbonyl (C=O) groups excluding carboxylic acids is 2. The molecule has 0 radical (unpaired) electrons. The summed E-state index contributed by atoms with van der Waals surface area (Å²) in [7, 11) is -3.57. The number of benzene rings is 2. The Morgan fingerprint density at radius 1 is 0.800 bits per heavy atom. The predicted molar refractivity (Wildman–Crippen MR) is 132 cm³/mol. The Morgan fingerprint density at radius 3 is 2.11 bits per heavy atom. The molecule has 0 N–H and O–H groups in total. The second-order valence-electron chi connectivity index (χ2n) is 9.37. The van der Waals surface area contributed by atoms with E-state index in [1.54, 1.807) is 29.2 Å². The molecule has 3 aliphatic heterocycles. The van der Waals surface area contributed by atoms with Gasteiger partial charge in [-0.1, -0.05) is 18.6 Å². The molecule has 1 atom stereocenters. The van der Waals surface area contributed by atoms with Gasteiger partial charge in [-0.25, -0.2) is 8.42 Å². The van der Waals surface area contributed by atoms with Crippen molar-refractivity contribution in [3.63, 3.8) is 0 Å². The number of para-hydroxylation sites is 2. The van der Waals surface area contributed by atoms with Gasteiger partial charge in [-0.3, -0.25) is 9.59 Å². The number of anilines is 1. The first-order valence-electron chi connectivity index (χ1n) is 12.4. The number of nitrogens with zero attached hydrogens (tertiary/aromatic N) is 3. The third kappa shape index (κ3) is 4.79. The van der Waals surface area contributed by atoms with E-state index < -0.39 is 16.1 Å². The van der Waals surface area contributed by atoms with Crippen LogP contribution >= 0.6 is 0 Å². The van der Waals surface area contributed by atoms with Crippen molar-refractivity contribution in [1.29, 1.82) is 0 Å². The fourth-order valence-corrected chi connectivity index (χ4v) is 6.57. The molecule has 0 unspecified atom stereocenters. The van der Waals surface area contributed by atoms with Crippen molar-refractivity contribution in [2.24, 2.45) is 0 Å². The fourth-order valence-electron chi connectivity index (χ4n) is 5.05. The van der Waals surface area contributed by atoms with Crippen LogP contribution in [0.1, 0.15) is 48.9 Å². The average molecular weight is 498 g/mol. The lowest BCUT2D eigenvalue weighted by atomic mass is 10.1. The smallest absolute Gasteiger partial charge is 0.265 e. The van der Waals surface area contributed by atoms with Crippen molar-refractivity contribution < 1.29 is 22.7 Å². The van der Waals surface area contributed by atoms with Crippen LogP contribution in [0.25, 0.3) is 0 Å². The Labute approximate surface area is 206 Å². The molecule has 8 nitrogen and oxygen atoms in total. The van der Waals surface area contributed by atoms with Gasteiger partial charge in [0.15, 0.2) is 6.10 Å². The number of likely N-dealkylation sites (tertiary alicyclic amines) is 1. The largest absolute Gasteiger partial charge is 0.476 e. The van der Waals surface area contributed by atoms with Crippen LogP contribution in [-0.2, 0) is 14.8 Å². The monoisotopic (exact) mass is 497 g/mol. The van der Waals surface area contributed by atoms with Crippen LogP contribution in [0.4, 0.5) is 5.69 Å². The van der Waals surface area contributed by atoms with Crippen LogP contribution in [0.3, 0.4) is 0 Å². The van der Waals surface area contributed by atoms with E-state index in [1.807, 2.05) is 17.0 Å². The molecule has 2 aromatic rings. The van der Waals surface area contributed by atoms with E-state index >= 15 is 0 Å². The maximum atomic E-state index is 13.6. The van der Waals surface area contributed by atoms with Gasteiger partial charge in [0.05, 0.1) is 17.1 Å². The minimum atomic E-state index is -3.57. The van der Waals surface area contributed by atoms with E-state index in [-0.39, 0.29) is 23.3 Å². The number of fused-ring (bicyclic) bond motifs is 1. The zero-order valence-corrected chi connectivity index (χ0v) is 20.6. The Kier molecular flexibility index (Phi) is 6.80. The third-order valence-electron chi connectivity index (χ3n) is 7.02. The number of hydrogen-bond acceptors (Lipinski definition) is 5. The maximum absolute atomic E-state index is 13.6. The van der Waals surface area contributed by atoms with Crippen molar-refractivity contribution in [2.75, 3.05) is 37.6 Å². The molecule has 2 aromatic carbocycles. The Hall–Kier alpha value is -2.91. The van der Waals surface area contributed by atoms with Crippen LogP contribution in [0, 0.1) is 0 Å². The normalized spacial score (nSPS) is 21.2. The van der Waals surface area contributed by atoms with Crippen molar-refractivity contribution in [3.05, 3.63) is 54.1 Å². The molecule has 9 heteroatoms. The molecule has 0 spiro atoms. The van der Waals surface area contributed by atoms with Crippen molar-refractivity contribution in [3.8, 4) is 5.75 Å². The Morgan fingerprint density at radius 2 is 1.43 bits per heavy atom. The van der Waals surface area contributed by atoms with E-state index in [1.165, 1.54) is 16.4 Å². The van der Waals surface area contributed by atoms with Gasteiger partial charge in [0, 0.05) is 31.7 Å². The number of ether oxygens (including phenoxy) is 1. The first kappa shape index (κ1) is 23.8. The van der Waals surface area contributed by atoms with Gasteiger partial charge in [-0.05, 0) is 68.5 Å². The molecule has 3 heterocycles. The fraction of sp³-hybridized carbons (Fsp3) is 0.462. The molecule has 2 saturated heterocycles. The number of sulfonamides is 1. The molecule has 0 aliphatic carbocycles. The molecule has 5 rings (SSSR count). The summed E-state index contributed by atoms with van der Waals surface area (Å²) in [5, 5.41) is 0. The number of hydrogen-bond donors (Lipinski definition) is 0. The predicted octanol–water partition coefficient (Wildman–Crippen LogP) is 3.28. The van der Waals surface area contributed by atoms with Crippen LogP contribution < -0.4 is 9.64 Å². The highest BCUT2D eigenvalue weighted by atomic mass is 32.2. The van der Waals surface area contributed by atoms with Crippen LogP contribution in [0.15, 0.2) is 53.4 Å². The molecule has 35 heavy (non-hydrogen) atoms. The third-order valence-corrected chi connectivity index (χ3v) is 8.93. The second-order valence-corrected chi connectivity index (χ2v) is 11.3. The number of amides is 2. The molecule has 186 valence electrons. The molecule has 3 aliphatic rings. The SMILES string of the molecule is O=C([C@@H]1CN(C(=O)c2ccc(S(=O)(=O)N3CCCCC3)cc2)c2ccccc2O1)N1CCCCC1. The molecule has 0 saturated carbocycles. The minimum absolute atomic E-state index is 0.0972. The lowest BCUT2D eigenvalue weighted by molar-refractivity contribution is -0.139. The summed E-state index contributed by atoms with van der Waals surface area (Å²) in [6.07, 6.45) is 5.07. The van der Waals surface area contributed by atoms with Gasteiger partial charge < -0.3 is 14.5 Å². The number of carbonyl (C=O) groups is 2. The average Bonchev–Trinajstić information content (AvgIpc) is 2.92. The number of rotatable bonds is 4. The summed E-state index contributed by atoms with van der Waals surface area (Å²) in [5.74, 6) is 0.103. The lowest BCUT2D eigenvalue weighted by Crippen LogP contribution is -2.52. The maximum Gasteiger partial charge on any atom is 0.265 e. The highest BCUT2D eigenvalue weighted by Crippen LogP contribution is 2.35. The molecule has 2 fully saturated rings. The van der Waals surface area contributed by atoms with Gasteiger partial charge in [0.25, 0.3) is 11.8 Å². The molecule has 2 amide bonds. The number of piperidine rings is 2. The van der Waals surface area contributed by atoms with Crippen LogP contribution in [-0.4, -0.2) is 68.3 Å². The van der Waals surface area contributed by atoms with Gasteiger partial charge >= 0.3 is 0 Å². The standard InChI is InChI=1S/C26H31N3O5S/c30-25(20-11-13-21(14-12-20)35(32,33)28-17-7-2-8-18-28)29-19-24(26(31)27-15-5-1-6-16-27)34-23-10-4-3-9-22(23)29/h3-4,9-14,24H,1-2,5-8,15-19H2/t24-/m0/s1. The zero-order chi connectivity index (χ0) is 24.4. The van der Waals surface area contributed by atoms with E-state index in [0.717, 1.165) is 38.5 Å². The van der Waals surface area contributed by atoms with Crippen molar-refractivity contribution in [1.82, 2.24) is 9.21 Å². The summed E-state index contributed by atoms with van der Waals surface area (Å²) in [4.78, 5) is 30.3. The molecule has 0 aromatic heterocycles. The summed E-state index contributed by atoms with van der Waals surface area (Å²) in [6, 6.07) is 13.3. The van der Waals surface area contributed by atoms with Gasteiger partial charge in [0.1, 0.15) is 5.75 Å².